The minimum atomic E-state index is 0.644. The quantitative estimate of drug-likeness (QED) is 0.449. The van der Waals surface area contributed by atoms with Crippen molar-refractivity contribution in [3.05, 3.63) is 0 Å². The molecule has 0 aromatic carbocycles. The molecule has 2 nitrogen and oxygen atoms in total. The van der Waals surface area contributed by atoms with Crippen molar-refractivity contribution in [3.8, 4) is 0 Å². The molecule has 0 amide bonds. The van der Waals surface area contributed by atoms with Gasteiger partial charge in [0.25, 0.3) is 0 Å². The van der Waals surface area contributed by atoms with Crippen LogP contribution in [0.15, 0.2) is 0 Å². The molecule has 0 aliphatic heterocycles. The fourth-order valence-corrected chi connectivity index (χ4v) is 1.65. The van der Waals surface area contributed by atoms with Gasteiger partial charge in [0.1, 0.15) is 0 Å². The molecule has 1 aliphatic rings. The summed E-state index contributed by atoms with van der Waals surface area (Å²) in [6.45, 7) is 0.644. The molecule has 1 fully saturated rings. The van der Waals surface area contributed by atoms with Crippen LogP contribution in [0.5, 0.6) is 0 Å². The van der Waals surface area contributed by atoms with Crippen LogP contribution in [0, 0.1) is 0 Å². The number of hydrogen-bond acceptors (Lipinski definition) is 2. The standard InChI is InChI=1S/C8H18N2/c9-7-10-8-5-3-1-2-4-6-8/h8,10H,1-7,9H2. The van der Waals surface area contributed by atoms with E-state index in [9.17, 15) is 0 Å². The summed E-state index contributed by atoms with van der Waals surface area (Å²) in [7, 11) is 0. The summed E-state index contributed by atoms with van der Waals surface area (Å²) in [5, 5.41) is 3.30. The highest BCUT2D eigenvalue weighted by molar-refractivity contribution is 4.68. The normalized spacial score (nSPS) is 22.5. The van der Waals surface area contributed by atoms with Gasteiger partial charge in [-0.05, 0) is 12.8 Å². The first-order valence-corrected chi connectivity index (χ1v) is 4.37. The Kier molecular flexibility index (Phi) is 3.76. The fraction of sp³-hybridized carbons (Fsp3) is 1.00. The molecule has 0 saturated heterocycles. The van der Waals surface area contributed by atoms with Gasteiger partial charge in [-0.25, -0.2) is 0 Å². The summed E-state index contributed by atoms with van der Waals surface area (Å²) in [5.41, 5.74) is 5.40. The summed E-state index contributed by atoms with van der Waals surface area (Å²) >= 11 is 0. The Bertz CT molecular complexity index is 75.3. The van der Waals surface area contributed by atoms with Crippen LogP contribution in [0.2, 0.25) is 0 Å². The van der Waals surface area contributed by atoms with E-state index in [0.717, 1.165) is 0 Å². The zero-order valence-corrected chi connectivity index (χ0v) is 6.60. The van der Waals surface area contributed by atoms with Crippen LogP contribution in [0.4, 0.5) is 0 Å². The Morgan fingerprint density at radius 1 is 1.10 bits per heavy atom. The first-order valence-electron chi connectivity index (χ1n) is 4.37. The highest BCUT2D eigenvalue weighted by Gasteiger charge is 2.09. The Balaban J connectivity index is 2.15. The van der Waals surface area contributed by atoms with Crippen molar-refractivity contribution in [2.75, 3.05) is 6.67 Å². The Morgan fingerprint density at radius 3 is 2.20 bits per heavy atom. The Hall–Kier alpha value is -0.0800. The van der Waals surface area contributed by atoms with Gasteiger partial charge in [0.15, 0.2) is 0 Å². The van der Waals surface area contributed by atoms with Crippen molar-refractivity contribution >= 4 is 0 Å². The fourth-order valence-electron chi connectivity index (χ4n) is 1.65. The smallest absolute Gasteiger partial charge is 0.0430 e. The van der Waals surface area contributed by atoms with Gasteiger partial charge in [-0.15, -0.1) is 0 Å². The third-order valence-electron chi connectivity index (χ3n) is 2.26. The van der Waals surface area contributed by atoms with E-state index < -0.39 is 0 Å². The van der Waals surface area contributed by atoms with Crippen LogP contribution in [-0.2, 0) is 0 Å². The Labute approximate surface area is 63.2 Å². The molecule has 0 atom stereocenters. The zero-order valence-electron chi connectivity index (χ0n) is 6.60. The molecule has 0 unspecified atom stereocenters. The minimum absolute atomic E-state index is 0.644. The van der Waals surface area contributed by atoms with Gasteiger partial charge in [0.05, 0.1) is 0 Å². The summed E-state index contributed by atoms with van der Waals surface area (Å²) in [4.78, 5) is 0. The lowest BCUT2D eigenvalue weighted by atomic mass is 10.1. The van der Waals surface area contributed by atoms with Crippen LogP contribution >= 0.6 is 0 Å². The van der Waals surface area contributed by atoms with Crippen LogP contribution < -0.4 is 11.1 Å². The predicted octanol–water partition coefficient (Wildman–Crippen LogP) is 1.21. The van der Waals surface area contributed by atoms with Crippen molar-refractivity contribution in [2.24, 2.45) is 5.73 Å². The first-order chi connectivity index (χ1) is 4.93. The van der Waals surface area contributed by atoms with E-state index in [1.807, 2.05) is 0 Å². The molecule has 1 rings (SSSR count). The molecule has 0 heterocycles. The second-order valence-electron chi connectivity index (χ2n) is 3.10. The van der Waals surface area contributed by atoms with E-state index in [2.05, 4.69) is 5.32 Å². The largest absolute Gasteiger partial charge is 0.318 e. The molecule has 1 aliphatic carbocycles. The van der Waals surface area contributed by atoms with Crippen molar-refractivity contribution in [3.63, 3.8) is 0 Å². The first kappa shape index (κ1) is 8.02. The molecule has 1 saturated carbocycles. The molecular formula is C8H18N2. The van der Waals surface area contributed by atoms with E-state index in [1.165, 1.54) is 38.5 Å². The number of nitrogens with two attached hydrogens (primary N) is 1. The summed E-state index contributed by atoms with van der Waals surface area (Å²) in [5.74, 6) is 0. The van der Waals surface area contributed by atoms with E-state index in [4.69, 9.17) is 5.73 Å². The predicted molar refractivity (Wildman–Crippen MR) is 43.7 cm³/mol. The SMILES string of the molecule is NCNC1CCCCCC1. The van der Waals surface area contributed by atoms with Crippen molar-refractivity contribution in [1.82, 2.24) is 5.32 Å². The number of nitrogens with one attached hydrogen (secondary N) is 1. The summed E-state index contributed by atoms with van der Waals surface area (Å²) < 4.78 is 0. The van der Waals surface area contributed by atoms with Crippen LogP contribution in [0.3, 0.4) is 0 Å². The highest BCUT2D eigenvalue weighted by atomic mass is 15.0. The van der Waals surface area contributed by atoms with E-state index in [-0.39, 0.29) is 0 Å². The average molecular weight is 142 g/mol. The average Bonchev–Trinajstić information content (AvgIpc) is 2.17. The van der Waals surface area contributed by atoms with Crippen molar-refractivity contribution in [1.29, 1.82) is 0 Å². The summed E-state index contributed by atoms with van der Waals surface area (Å²) in [6.07, 6.45) is 8.27. The van der Waals surface area contributed by atoms with E-state index in [0.29, 0.717) is 12.7 Å². The van der Waals surface area contributed by atoms with E-state index >= 15 is 0 Å². The third-order valence-corrected chi connectivity index (χ3v) is 2.26. The van der Waals surface area contributed by atoms with Crippen LogP contribution in [0.1, 0.15) is 38.5 Å². The zero-order chi connectivity index (χ0) is 7.23. The van der Waals surface area contributed by atoms with Gasteiger partial charge >= 0.3 is 0 Å². The molecular weight excluding hydrogens is 124 g/mol. The van der Waals surface area contributed by atoms with Gasteiger partial charge in [-0.2, -0.15) is 0 Å². The lowest BCUT2D eigenvalue weighted by Crippen LogP contribution is -2.33. The maximum Gasteiger partial charge on any atom is 0.0430 e. The Morgan fingerprint density at radius 2 is 1.70 bits per heavy atom. The molecule has 0 bridgehead atoms. The molecule has 2 heteroatoms. The molecule has 0 aromatic rings. The van der Waals surface area contributed by atoms with Crippen LogP contribution in [0.25, 0.3) is 0 Å². The molecule has 60 valence electrons. The maximum absolute atomic E-state index is 5.40. The summed E-state index contributed by atoms with van der Waals surface area (Å²) in [6, 6.07) is 0.715. The van der Waals surface area contributed by atoms with Gasteiger partial charge in [0.2, 0.25) is 0 Å². The monoisotopic (exact) mass is 142 g/mol. The van der Waals surface area contributed by atoms with Gasteiger partial charge in [-0.1, -0.05) is 25.7 Å². The van der Waals surface area contributed by atoms with Gasteiger partial charge in [-0.3, -0.25) is 0 Å². The molecule has 10 heavy (non-hydrogen) atoms. The number of hydrogen-bond donors (Lipinski definition) is 2. The minimum Gasteiger partial charge on any atom is -0.318 e. The second-order valence-corrected chi connectivity index (χ2v) is 3.10. The van der Waals surface area contributed by atoms with Gasteiger partial charge in [0, 0.05) is 12.7 Å². The highest BCUT2D eigenvalue weighted by Crippen LogP contribution is 2.16. The van der Waals surface area contributed by atoms with Gasteiger partial charge < -0.3 is 11.1 Å². The van der Waals surface area contributed by atoms with Crippen molar-refractivity contribution in [2.45, 2.75) is 44.6 Å². The second kappa shape index (κ2) is 4.69. The van der Waals surface area contributed by atoms with Crippen LogP contribution in [-0.4, -0.2) is 12.7 Å². The maximum atomic E-state index is 5.40. The third kappa shape index (κ3) is 2.67. The number of rotatable bonds is 2. The lowest BCUT2D eigenvalue weighted by molar-refractivity contribution is 0.467. The van der Waals surface area contributed by atoms with E-state index in [1.54, 1.807) is 0 Å². The molecule has 3 N–H and O–H groups in total. The molecule has 0 radical (unpaired) electrons. The topological polar surface area (TPSA) is 38.0 Å². The molecule has 0 spiro atoms. The molecule has 0 aromatic heterocycles. The van der Waals surface area contributed by atoms with Crippen molar-refractivity contribution < 1.29 is 0 Å². The lowest BCUT2D eigenvalue weighted by Gasteiger charge is -2.13.